The highest BCUT2D eigenvalue weighted by atomic mass is 19.1. The first kappa shape index (κ1) is 14.9. The largest absolute Gasteiger partial charge is 0.271 e. The second kappa shape index (κ2) is 6.30. The highest BCUT2D eigenvalue weighted by molar-refractivity contribution is 5.99. The molecule has 1 aromatic heterocycles. The molecule has 2 aromatic rings. The summed E-state index contributed by atoms with van der Waals surface area (Å²) in [4.78, 5) is 11.8. The Labute approximate surface area is 122 Å². The van der Waals surface area contributed by atoms with Gasteiger partial charge in [0.15, 0.2) is 0 Å². The minimum atomic E-state index is -0.369. The molecule has 1 amide bonds. The number of aryl methyl sites for hydroxylation is 2. The molecule has 0 radical (unpaired) electrons. The van der Waals surface area contributed by atoms with E-state index < -0.39 is 0 Å². The number of carbonyl (C=O) groups excluding carboxylic acids is 1. The van der Waals surface area contributed by atoms with Gasteiger partial charge in [0.2, 0.25) is 0 Å². The summed E-state index contributed by atoms with van der Waals surface area (Å²) in [6.07, 6.45) is 0. The van der Waals surface area contributed by atoms with Crippen molar-refractivity contribution in [2.75, 3.05) is 0 Å². The van der Waals surface area contributed by atoms with Crippen molar-refractivity contribution in [3.05, 3.63) is 53.1 Å². The maximum Gasteiger partial charge on any atom is 0.261 e. The van der Waals surface area contributed by atoms with Gasteiger partial charge >= 0.3 is 0 Å². The molecule has 2 rings (SSSR count). The van der Waals surface area contributed by atoms with Crippen LogP contribution >= 0.6 is 0 Å². The fourth-order valence-corrected chi connectivity index (χ4v) is 1.97. The maximum absolute atomic E-state index is 13.6. The van der Waals surface area contributed by atoms with Crippen LogP contribution in [0.4, 0.5) is 4.39 Å². The third-order valence-electron chi connectivity index (χ3n) is 3.01. The third-order valence-corrected chi connectivity index (χ3v) is 3.01. The van der Waals surface area contributed by atoms with Crippen molar-refractivity contribution in [2.45, 2.75) is 27.3 Å². The first-order chi connectivity index (χ1) is 9.97. The molecule has 1 aromatic carbocycles. The van der Waals surface area contributed by atoms with Crippen LogP contribution in [0, 0.1) is 19.7 Å². The third kappa shape index (κ3) is 3.75. The number of halogens is 1. The number of hydrogen-bond donors (Lipinski definition) is 1. The van der Waals surface area contributed by atoms with E-state index in [9.17, 15) is 9.18 Å². The van der Waals surface area contributed by atoms with Gasteiger partial charge < -0.3 is 0 Å². The molecule has 0 fully saturated rings. The number of nitrogens with one attached hydrogen (secondary N) is 1. The fraction of sp³-hybridized carbons (Fsp3) is 0.267. The molecular weight excluding hydrogens is 271 g/mol. The molecule has 0 bridgehead atoms. The van der Waals surface area contributed by atoms with Crippen molar-refractivity contribution in [2.24, 2.45) is 5.10 Å². The Balaban J connectivity index is 2.02. The van der Waals surface area contributed by atoms with Crippen LogP contribution in [0.2, 0.25) is 0 Å². The molecule has 6 heteroatoms. The summed E-state index contributed by atoms with van der Waals surface area (Å²) < 4.78 is 15.2. The summed E-state index contributed by atoms with van der Waals surface area (Å²) in [7, 11) is 0. The Bertz CT molecular complexity index is 691. The molecule has 1 N–H and O–H groups in total. The Morgan fingerprint density at radius 3 is 2.71 bits per heavy atom. The monoisotopic (exact) mass is 288 g/mol. The zero-order chi connectivity index (χ0) is 15.4. The van der Waals surface area contributed by atoms with Crippen LogP contribution in [0.5, 0.6) is 0 Å². The topological polar surface area (TPSA) is 59.3 Å². The zero-order valence-electron chi connectivity index (χ0n) is 12.2. The smallest absolute Gasteiger partial charge is 0.261 e. The van der Waals surface area contributed by atoms with Crippen LogP contribution in [-0.4, -0.2) is 21.4 Å². The molecule has 21 heavy (non-hydrogen) atoms. The Kier molecular flexibility index (Phi) is 4.47. The van der Waals surface area contributed by atoms with Crippen molar-refractivity contribution < 1.29 is 9.18 Å². The molecular formula is C15H17FN4O. The Morgan fingerprint density at radius 2 is 2.10 bits per heavy atom. The summed E-state index contributed by atoms with van der Waals surface area (Å²) in [5.74, 6) is -0.677. The lowest BCUT2D eigenvalue weighted by molar-refractivity contribution is -0.121. The summed E-state index contributed by atoms with van der Waals surface area (Å²) in [5.41, 5.74) is 4.94. The van der Waals surface area contributed by atoms with Crippen LogP contribution in [0.25, 0.3) is 0 Å². The summed E-state index contributed by atoms with van der Waals surface area (Å²) in [6, 6.07) is 8.18. The van der Waals surface area contributed by atoms with E-state index >= 15 is 0 Å². The predicted octanol–water partition coefficient (Wildman–Crippen LogP) is 2.18. The number of hydrazone groups is 1. The van der Waals surface area contributed by atoms with Crippen molar-refractivity contribution in [1.29, 1.82) is 0 Å². The average molecular weight is 288 g/mol. The molecule has 0 aliphatic heterocycles. The second-order valence-electron chi connectivity index (χ2n) is 4.80. The van der Waals surface area contributed by atoms with Crippen LogP contribution in [0.3, 0.4) is 0 Å². The molecule has 1 heterocycles. The van der Waals surface area contributed by atoms with E-state index in [1.54, 1.807) is 29.8 Å². The second-order valence-corrected chi connectivity index (χ2v) is 4.80. The van der Waals surface area contributed by atoms with Gasteiger partial charge in [-0.25, -0.2) is 9.82 Å². The van der Waals surface area contributed by atoms with Gasteiger partial charge in [-0.3, -0.25) is 9.48 Å². The van der Waals surface area contributed by atoms with Gasteiger partial charge in [0.1, 0.15) is 12.4 Å². The first-order valence-electron chi connectivity index (χ1n) is 6.56. The predicted molar refractivity (Wildman–Crippen MR) is 78.5 cm³/mol. The van der Waals surface area contributed by atoms with Crippen LogP contribution in [-0.2, 0) is 11.3 Å². The van der Waals surface area contributed by atoms with E-state index in [2.05, 4.69) is 15.6 Å². The number of carbonyl (C=O) groups is 1. The van der Waals surface area contributed by atoms with Crippen LogP contribution in [0.1, 0.15) is 23.9 Å². The summed E-state index contributed by atoms with van der Waals surface area (Å²) >= 11 is 0. The van der Waals surface area contributed by atoms with E-state index in [1.165, 1.54) is 6.07 Å². The first-order valence-corrected chi connectivity index (χ1v) is 6.56. The summed E-state index contributed by atoms with van der Waals surface area (Å²) in [6.45, 7) is 5.46. The molecule has 5 nitrogen and oxygen atoms in total. The molecule has 0 aliphatic carbocycles. The van der Waals surface area contributed by atoms with Crippen LogP contribution < -0.4 is 5.43 Å². The van der Waals surface area contributed by atoms with E-state index in [0.29, 0.717) is 11.3 Å². The number of hydrogen-bond acceptors (Lipinski definition) is 3. The van der Waals surface area contributed by atoms with Crippen molar-refractivity contribution in [3.8, 4) is 0 Å². The molecule has 110 valence electrons. The molecule has 0 saturated heterocycles. The highest BCUT2D eigenvalue weighted by Gasteiger charge is 2.08. The standard InChI is InChI=1S/C15H17FN4O/c1-10-8-11(2)20(19-10)9-15(21)18-17-12(3)13-6-4-5-7-14(13)16/h4-8H,9H2,1-3H3,(H,18,21)/b17-12+. The number of aromatic nitrogens is 2. The lowest BCUT2D eigenvalue weighted by Gasteiger charge is -2.05. The van der Waals surface area contributed by atoms with Gasteiger partial charge in [0, 0.05) is 11.3 Å². The van der Waals surface area contributed by atoms with E-state index in [4.69, 9.17) is 0 Å². The van der Waals surface area contributed by atoms with E-state index in [1.807, 2.05) is 19.9 Å². The minimum Gasteiger partial charge on any atom is -0.271 e. The SMILES string of the molecule is C/C(=N\NC(=O)Cn1nc(C)cc1C)c1ccccc1F. The van der Waals surface area contributed by atoms with Crippen LogP contribution in [0.15, 0.2) is 35.4 Å². The normalized spacial score (nSPS) is 11.5. The zero-order valence-corrected chi connectivity index (χ0v) is 12.2. The quantitative estimate of drug-likeness (QED) is 0.692. The Morgan fingerprint density at radius 1 is 1.38 bits per heavy atom. The minimum absolute atomic E-state index is 0.0771. The van der Waals surface area contributed by atoms with Crippen molar-refractivity contribution in [1.82, 2.24) is 15.2 Å². The lowest BCUT2D eigenvalue weighted by atomic mass is 10.1. The molecule has 0 spiro atoms. The van der Waals surface area contributed by atoms with E-state index in [-0.39, 0.29) is 18.3 Å². The van der Waals surface area contributed by atoms with E-state index in [0.717, 1.165) is 11.4 Å². The van der Waals surface area contributed by atoms with Gasteiger partial charge in [-0.1, -0.05) is 18.2 Å². The Hall–Kier alpha value is -2.50. The number of amides is 1. The van der Waals surface area contributed by atoms with Gasteiger partial charge in [0.25, 0.3) is 5.91 Å². The molecule has 0 atom stereocenters. The average Bonchev–Trinajstić information content (AvgIpc) is 2.74. The number of rotatable bonds is 4. The van der Waals surface area contributed by atoms with Gasteiger partial charge in [-0.2, -0.15) is 10.2 Å². The molecule has 0 unspecified atom stereocenters. The fourth-order valence-electron chi connectivity index (χ4n) is 1.97. The molecule has 0 saturated carbocycles. The number of benzene rings is 1. The molecule has 0 aliphatic rings. The number of nitrogens with zero attached hydrogens (tertiary/aromatic N) is 3. The highest BCUT2D eigenvalue weighted by Crippen LogP contribution is 2.07. The van der Waals surface area contributed by atoms with Gasteiger partial charge in [-0.15, -0.1) is 0 Å². The van der Waals surface area contributed by atoms with Gasteiger partial charge in [0.05, 0.1) is 11.4 Å². The maximum atomic E-state index is 13.6. The van der Waals surface area contributed by atoms with Gasteiger partial charge in [-0.05, 0) is 32.9 Å². The lowest BCUT2D eigenvalue weighted by Crippen LogP contribution is -2.25. The van der Waals surface area contributed by atoms with Crippen molar-refractivity contribution in [3.63, 3.8) is 0 Å². The summed E-state index contributed by atoms with van der Waals surface area (Å²) in [5, 5.41) is 8.12. The van der Waals surface area contributed by atoms with Crippen molar-refractivity contribution >= 4 is 11.6 Å².